The first-order chi connectivity index (χ1) is 11.1. The lowest BCUT2D eigenvalue weighted by Gasteiger charge is -2.13. The van der Waals surface area contributed by atoms with Crippen LogP contribution in [0.3, 0.4) is 0 Å². The van der Waals surface area contributed by atoms with Crippen LogP contribution in [-0.4, -0.2) is 39.8 Å². The maximum absolute atomic E-state index is 12.3. The van der Waals surface area contributed by atoms with E-state index in [0.29, 0.717) is 11.7 Å². The van der Waals surface area contributed by atoms with E-state index >= 15 is 0 Å². The third kappa shape index (κ3) is 3.76. The van der Waals surface area contributed by atoms with E-state index in [1.54, 1.807) is 4.68 Å². The van der Waals surface area contributed by atoms with E-state index in [4.69, 9.17) is 0 Å². The smallest absolute Gasteiger partial charge is 0.291 e. The van der Waals surface area contributed by atoms with Gasteiger partial charge >= 0.3 is 0 Å². The molecule has 0 bridgehead atoms. The summed E-state index contributed by atoms with van der Waals surface area (Å²) >= 11 is 0. The molecule has 7 heteroatoms. The maximum Gasteiger partial charge on any atom is 0.291 e. The van der Waals surface area contributed by atoms with Gasteiger partial charge < -0.3 is 10.6 Å². The number of benzene rings is 1. The largest absolute Gasteiger partial charge is 0.345 e. The number of carbonyl (C=O) groups is 1. The molecule has 1 unspecified atom stereocenters. The number of carbonyl (C=O) groups excluding carboxylic acids is 1. The number of nitrogens with zero attached hydrogens (tertiary/aromatic N) is 3. The summed E-state index contributed by atoms with van der Waals surface area (Å²) in [7, 11) is 0. The molecule has 1 aromatic heterocycles. The first kappa shape index (κ1) is 18.4. The molecule has 6 nitrogen and oxygen atoms in total. The zero-order valence-electron chi connectivity index (χ0n) is 14.2. The Hall–Kier alpha value is -1.92. The molecule has 130 valence electrons. The summed E-state index contributed by atoms with van der Waals surface area (Å²) in [5.74, 6) is 1.11. The molecule has 1 aliphatic heterocycles. The highest BCUT2D eigenvalue weighted by molar-refractivity contribution is 5.90. The van der Waals surface area contributed by atoms with Crippen LogP contribution in [0.2, 0.25) is 0 Å². The fourth-order valence-corrected chi connectivity index (χ4v) is 2.91. The Morgan fingerprint density at radius 3 is 2.79 bits per heavy atom. The van der Waals surface area contributed by atoms with Crippen LogP contribution in [0.15, 0.2) is 24.3 Å². The topological polar surface area (TPSA) is 71.8 Å². The van der Waals surface area contributed by atoms with Crippen LogP contribution in [0.25, 0.3) is 5.69 Å². The molecule has 2 N–H and O–H groups in total. The number of hydrogen-bond acceptors (Lipinski definition) is 4. The van der Waals surface area contributed by atoms with Crippen molar-refractivity contribution in [2.24, 2.45) is 0 Å². The van der Waals surface area contributed by atoms with Crippen molar-refractivity contribution < 1.29 is 4.79 Å². The fourth-order valence-electron chi connectivity index (χ4n) is 2.91. The normalized spacial score (nSPS) is 16.9. The highest BCUT2D eigenvalue weighted by Gasteiger charge is 2.22. The van der Waals surface area contributed by atoms with Crippen molar-refractivity contribution in [2.45, 2.75) is 39.2 Å². The zero-order chi connectivity index (χ0) is 16.4. The van der Waals surface area contributed by atoms with Crippen LogP contribution < -0.4 is 10.6 Å². The van der Waals surface area contributed by atoms with Gasteiger partial charge in [0.15, 0.2) is 0 Å². The molecule has 0 saturated carbocycles. The minimum Gasteiger partial charge on any atom is -0.345 e. The number of hydrogen-bond donors (Lipinski definition) is 2. The van der Waals surface area contributed by atoms with Crippen LogP contribution in [0.1, 0.15) is 48.2 Å². The second kappa shape index (κ2) is 7.77. The molecule has 1 atom stereocenters. The van der Waals surface area contributed by atoms with Crippen molar-refractivity contribution in [1.29, 1.82) is 0 Å². The predicted molar refractivity (Wildman–Crippen MR) is 96.2 cm³/mol. The maximum atomic E-state index is 12.3. The average Bonchev–Trinajstić information content (AvgIpc) is 3.16. The zero-order valence-corrected chi connectivity index (χ0v) is 15.1. The Morgan fingerprint density at radius 2 is 2.12 bits per heavy atom. The summed E-state index contributed by atoms with van der Waals surface area (Å²) in [5, 5.41) is 10.7. The Labute approximate surface area is 148 Å². The van der Waals surface area contributed by atoms with Crippen molar-refractivity contribution in [3.05, 3.63) is 41.5 Å². The standard InChI is InChI=1S/C17H23N5O.ClH/c1-11(2)14-6-4-5-7-15(14)22-12(3)19-16(21-22)17(23)20-13-8-9-18-10-13;/h4-7,11,13,18H,8-10H2,1-3H3,(H,20,23);1H. The lowest BCUT2D eigenvalue weighted by atomic mass is 10.0. The van der Waals surface area contributed by atoms with Gasteiger partial charge in [-0.15, -0.1) is 17.5 Å². The van der Waals surface area contributed by atoms with E-state index in [1.165, 1.54) is 5.56 Å². The van der Waals surface area contributed by atoms with Gasteiger partial charge in [0, 0.05) is 12.6 Å². The Balaban J connectivity index is 0.00000208. The number of halogens is 1. The van der Waals surface area contributed by atoms with Crippen LogP contribution in [0.4, 0.5) is 0 Å². The van der Waals surface area contributed by atoms with E-state index in [1.807, 2.05) is 25.1 Å². The number of aromatic nitrogens is 3. The van der Waals surface area contributed by atoms with Gasteiger partial charge in [-0.1, -0.05) is 32.0 Å². The highest BCUT2D eigenvalue weighted by Crippen LogP contribution is 2.23. The van der Waals surface area contributed by atoms with E-state index in [-0.39, 0.29) is 30.2 Å². The minimum atomic E-state index is -0.206. The molecule has 0 spiro atoms. The first-order valence-corrected chi connectivity index (χ1v) is 8.11. The van der Waals surface area contributed by atoms with Crippen molar-refractivity contribution >= 4 is 18.3 Å². The van der Waals surface area contributed by atoms with Crippen LogP contribution in [0.5, 0.6) is 0 Å². The van der Waals surface area contributed by atoms with Gasteiger partial charge in [0.25, 0.3) is 5.91 Å². The molecular weight excluding hydrogens is 326 g/mol. The Bertz CT molecular complexity index is 707. The van der Waals surface area contributed by atoms with Gasteiger partial charge in [-0.2, -0.15) is 0 Å². The van der Waals surface area contributed by atoms with Gasteiger partial charge in [-0.25, -0.2) is 9.67 Å². The molecule has 2 aromatic rings. The monoisotopic (exact) mass is 349 g/mol. The second-order valence-electron chi connectivity index (χ2n) is 6.27. The van der Waals surface area contributed by atoms with Crippen LogP contribution in [0, 0.1) is 6.92 Å². The minimum absolute atomic E-state index is 0. The highest BCUT2D eigenvalue weighted by atomic mass is 35.5. The molecule has 0 aliphatic carbocycles. The third-order valence-electron chi connectivity index (χ3n) is 4.15. The molecule has 1 amide bonds. The average molecular weight is 350 g/mol. The Morgan fingerprint density at radius 1 is 1.38 bits per heavy atom. The van der Waals surface area contributed by atoms with Crippen molar-refractivity contribution in [2.75, 3.05) is 13.1 Å². The van der Waals surface area contributed by atoms with Crippen molar-refractivity contribution in [1.82, 2.24) is 25.4 Å². The number of nitrogens with one attached hydrogen (secondary N) is 2. The molecule has 1 aromatic carbocycles. The lowest BCUT2D eigenvalue weighted by Crippen LogP contribution is -2.36. The van der Waals surface area contributed by atoms with E-state index in [0.717, 1.165) is 25.2 Å². The lowest BCUT2D eigenvalue weighted by molar-refractivity contribution is 0.0929. The van der Waals surface area contributed by atoms with Gasteiger partial charge in [0.2, 0.25) is 5.82 Å². The second-order valence-corrected chi connectivity index (χ2v) is 6.27. The van der Waals surface area contributed by atoms with Crippen LogP contribution >= 0.6 is 12.4 Å². The summed E-state index contributed by atoms with van der Waals surface area (Å²) in [6.45, 7) is 7.91. The van der Waals surface area contributed by atoms with Crippen molar-refractivity contribution in [3.63, 3.8) is 0 Å². The SMILES string of the molecule is Cc1nc(C(=O)NC2CCNC2)nn1-c1ccccc1C(C)C.Cl. The molecule has 1 saturated heterocycles. The Kier molecular flexibility index (Phi) is 5.96. The number of rotatable bonds is 4. The molecule has 2 heterocycles. The van der Waals surface area contributed by atoms with Gasteiger partial charge in [-0.05, 0) is 37.4 Å². The summed E-state index contributed by atoms with van der Waals surface area (Å²) in [4.78, 5) is 16.7. The van der Waals surface area contributed by atoms with E-state index in [2.05, 4.69) is 40.6 Å². The van der Waals surface area contributed by atoms with E-state index in [9.17, 15) is 4.79 Å². The van der Waals surface area contributed by atoms with Crippen molar-refractivity contribution in [3.8, 4) is 5.69 Å². The summed E-state index contributed by atoms with van der Waals surface area (Å²) in [5.41, 5.74) is 2.17. The quantitative estimate of drug-likeness (QED) is 0.887. The first-order valence-electron chi connectivity index (χ1n) is 8.11. The molecule has 1 fully saturated rings. The summed E-state index contributed by atoms with van der Waals surface area (Å²) < 4.78 is 1.76. The molecule has 1 aliphatic rings. The molecule has 0 radical (unpaired) electrons. The van der Waals surface area contributed by atoms with Gasteiger partial charge in [-0.3, -0.25) is 4.79 Å². The number of para-hydroxylation sites is 1. The predicted octanol–water partition coefficient (Wildman–Crippen LogP) is 2.21. The van der Waals surface area contributed by atoms with Gasteiger partial charge in [0.1, 0.15) is 5.82 Å². The fraction of sp³-hybridized carbons (Fsp3) is 0.471. The molecular formula is C17H24ClN5O. The number of aryl methyl sites for hydroxylation is 1. The van der Waals surface area contributed by atoms with E-state index < -0.39 is 0 Å². The summed E-state index contributed by atoms with van der Waals surface area (Å²) in [6.07, 6.45) is 0.946. The van der Waals surface area contributed by atoms with Crippen LogP contribution in [-0.2, 0) is 0 Å². The number of amides is 1. The molecule has 3 rings (SSSR count). The third-order valence-corrected chi connectivity index (χ3v) is 4.15. The van der Waals surface area contributed by atoms with Gasteiger partial charge in [0.05, 0.1) is 5.69 Å². The molecule has 24 heavy (non-hydrogen) atoms. The summed E-state index contributed by atoms with van der Waals surface area (Å²) in [6, 6.07) is 8.26.